The summed E-state index contributed by atoms with van der Waals surface area (Å²) in [7, 11) is 1.18. The zero-order valence-electron chi connectivity index (χ0n) is 9.84. The van der Waals surface area contributed by atoms with Crippen LogP contribution < -0.4 is 10.6 Å². The van der Waals surface area contributed by atoms with Crippen molar-refractivity contribution in [1.82, 2.24) is 10.6 Å². The Morgan fingerprint density at radius 3 is 2.39 bits per heavy atom. The van der Waals surface area contributed by atoms with Crippen LogP contribution in [0.25, 0.3) is 0 Å². The molecule has 1 rings (SSSR count). The molecule has 1 saturated carbocycles. The number of ether oxygens (including phenoxy) is 1. The van der Waals surface area contributed by atoms with Gasteiger partial charge in [-0.25, -0.2) is 0 Å². The molecule has 0 aromatic rings. The lowest BCUT2D eigenvalue weighted by Crippen LogP contribution is -2.54. The number of carbonyl (C=O) groups is 2. The van der Waals surface area contributed by atoms with Crippen LogP contribution in [-0.2, 0) is 14.3 Å². The average molecular weight is 268 g/mol. The highest BCUT2D eigenvalue weighted by Gasteiger charge is 2.34. The van der Waals surface area contributed by atoms with Gasteiger partial charge in [0.2, 0.25) is 5.91 Å². The third-order valence-corrected chi connectivity index (χ3v) is 2.63. The molecule has 1 fully saturated rings. The molecule has 1 aliphatic rings. The fraction of sp³-hybridized carbons (Fsp3) is 0.800. The number of halogens is 3. The van der Waals surface area contributed by atoms with Crippen molar-refractivity contribution in [2.75, 3.05) is 13.7 Å². The van der Waals surface area contributed by atoms with Crippen LogP contribution in [-0.4, -0.2) is 43.8 Å². The number of carbonyl (C=O) groups excluding carboxylic acids is 2. The van der Waals surface area contributed by atoms with E-state index in [0.717, 1.165) is 0 Å². The summed E-state index contributed by atoms with van der Waals surface area (Å²) in [5.74, 6) is -1.11. The van der Waals surface area contributed by atoms with Crippen molar-refractivity contribution in [3.63, 3.8) is 0 Å². The van der Waals surface area contributed by atoms with Crippen molar-refractivity contribution in [2.24, 2.45) is 0 Å². The highest BCUT2D eigenvalue weighted by atomic mass is 19.4. The van der Waals surface area contributed by atoms with Gasteiger partial charge >= 0.3 is 12.1 Å². The molecule has 0 spiro atoms. The topological polar surface area (TPSA) is 67.4 Å². The number of hydrogen-bond donors (Lipinski definition) is 2. The van der Waals surface area contributed by atoms with Crippen LogP contribution in [0.5, 0.6) is 0 Å². The highest BCUT2D eigenvalue weighted by molar-refractivity contribution is 5.94. The number of hydrogen-bond acceptors (Lipinski definition) is 4. The lowest BCUT2D eigenvalue weighted by Gasteiger charge is -2.36. The van der Waals surface area contributed by atoms with Gasteiger partial charge in [0.15, 0.2) is 0 Å². The Kier molecular flexibility index (Phi) is 4.94. The molecular formula is C10H15F3N2O3. The zero-order chi connectivity index (χ0) is 13.8. The highest BCUT2D eigenvalue weighted by Crippen LogP contribution is 2.22. The standard InChI is InChI=1S/C10H15F3N2O3/c1-18-9(17)4-8(16)15-7-2-6(3-7)14-5-10(11,12)13/h6-7,14H,2-5H2,1H3,(H,15,16). The van der Waals surface area contributed by atoms with E-state index in [9.17, 15) is 22.8 Å². The van der Waals surface area contributed by atoms with Crippen molar-refractivity contribution in [2.45, 2.75) is 37.5 Å². The van der Waals surface area contributed by atoms with Crippen LogP contribution in [0.4, 0.5) is 13.2 Å². The minimum atomic E-state index is -4.22. The van der Waals surface area contributed by atoms with Crippen molar-refractivity contribution in [3.8, 4) is 0 Å². The number of esters is 1. The van der Waals surface area contributed by atoms with Crippen LogP contribution in [0.3, 0.4) is 0 Å². The molecule has 1 aliphatic carbocycles. The van der Waals surface area contributed by atoms with Crippen LogP contribution in [0.15, 0.2) is 0 Å². The first-order chi connectivity index (χ1) is 8.30. The quantitative estimate of drug-likeness (QED) is 0.557. The molecule has 0 atom stereocenters. The van der Waals surface area contributed by atoms with Gasteiger partial charge in [-0.05, 0) is 12.8 Å². The van der Waals surface area contributed by atoms with E-state index in [2.05, 4.69) is 15.4 Å². The van der Waals surface area contributed by atoms with Crippen LogP contribution in [0.1, 0.15) is 19.3 Å². The van der Waals surface area contributed by atoms with Gasteiger partial charge in [0.05, 0.1) is 13.7 Å². The second kappa shape index (κ2) is 6.03. The normalized spacial score (nSPS) is 23.1. The van der Waals surface area contributed by atoms with Gasteiger partial charge in [0.25, 0.3) is 0 Å². The first-order valence-electron chi connectivity index (χ1n) is 5.46. The summed E-state index contributed by atoms with van der Waals surface area (Å²) in [5, 5.41) is 4.89. The first kappa shape index (κ1) is 14.7. The van der Waals surface area contributed by atoms with E-state index in [0.29, 0.717) is 12.8 Å². The molecule has 8 heteroatoms. The zero-order valence-corrected chi connectivity index (χ0v) is 9.84. The van der Waals surface area contributed by atoms with Crippen molar-refractivity contribution < 1.29 is 27.5 Å². The van der Waals surface area contributed by atoms with Crippen molar-refractivity contribution in [3.05, 3.63) is 0 Å². The molecule has 2 N–H and O–H groups in total. The number of nitrogens with one attached hydrogen (secondary N) is 2. The van der Waals surface area contributed by atoms with E-state index in [-0.39, 0.29) is 18.5 Å². The van der Waals surface area contributed by atoms with Gasteiger partial charge in [0, 0.05) is 12.1 Å². The largest absolute Gasteiger partial charge is 0.469 e. The molecule has 0 bridgehead atoms. The number of amides is 1. The molecule has 18 heavy (non-hydrogen) atoms. The van der Waals surface area contributed by atoms with Gasteiger partial charge in [-0.2, -0.15) is 13.2 Å². The molecule has 0 aromatic carbocycles. The number of rotatable bonds is 5. The summed E-state index contributed by atoms with van der Waals surface area (Å²) in [6.07, 6.45) is -3.72. The summed E-state index contributed by atoms with van der Waals surface area (Å²) in [5.41, 5.74) is 0. The molecule has 0 aromatic heterocycles. The van der Waals surface area contributed by atoms with Gasteiger partial charge < -0.3 is 15.4 Å². The molecule has 0 radical (unpaired) electrons. The molecule has 1 amide bonds. The minimum absolute atomic E-state index is 0.173. The molecule has 0 unspecified atom stereocenters. The summed E-state index contributed by atoms with van der Waals surface area (Å²) in [6, 6.07) is -0.414. The number of methoxy groups -OCH3 is 1. The SMILES string of the molecule is COC(=O)CC(=O)NC1CC(NCC(F)(F)F)C1. The fourth-order valence-corrected chi connectivity index (χ4v) is 1.64. The van der Waals surface area contributed by atoms with Crippen molar-refractivity contribution >= 4 is 11.9 Å². The van der Waals surface area contributed by atoms with Crippen LogP contribution >= 0.6 is 0 Å². The van der Waals surface area contributed by atoms with Crippen LogP contribution in [0, 0.1) is 0 Å². The smallest absolute Gasteiger partial charge is 0.401 e. The van der Waals surface area contributed by atoms with E-state index in [1.54, 1.807) is 0 Å². The Hall–Kier alpha value is -1.31. The van der Waals surface area contributed by atoms with Gasteiger partial charge in [-0.3, -0.25) is 9.59 Å². The first-order valence-corrected chi connectivity index (χ1v) is 5.46. The summed E-state index contributed by atoms with van der Waals surface area (Å²) in [6.45, 7) is -1.03. The fourth-order valence-electron chi connectivity index (χ4n) is 1.64. The van der Waals surface area contributed by atoms with Gasteiger partial charge in [-0.1, -0.05) is 0 Å². The maximum absolute atomic E-state index is 11.9. The lowest BCUT2D eigenvalue weighted by molar-refractivity contribution is -0.144. The molecule has 0 heterocycles. The predicted octanol–water partition coefficient (Wildman–Crippen LogP) is 0.349. The van der Waals surface area contributed by atoms with E-state index in [1.165, 1.54) is 7.11 Å². The Labute approximate surface area is 102 Å². The molecule has 104 valence electrons. The van der Waals surface area contributed by atoms with E-state index >= 15 is 0 Å². The summed E-state index contributed by atoms with van der Waals surface area (Å²) < 4.78 is 40.0. The maximum Gasteiger partial charge on any atom is 0.401 e. The van der Waals surface area contributed by atoms with E-state index in [4.69, 9.17) is 0 Å². The van der Waals surface area contributed by atoms with Gasteiger partial charge in [-0.15, -0.1) is 0 Å². The molecule has 5 nitrogen and oxygen atoms in total. The van der Waals surface area contributed by atoms with Crippen LogP contribution in [0.2, 0.25) is 0 Å². The van der Waals surface area contributed by atoms with E-state index < -0.39 is 24.6 Å². The second-order valence-corrected chi connectivity index (χ2v) is 4.18. The van der Waals surface area contributed by atoms with Gasteiger partial charge in [0.1, 0.15) is 6.42 Å². The lowest BCUT2D eigenvalue weighted by atomic mass is 9.86. The minimum Gasteiger partial charge on any atom is -0.469 e. The second-order valence-electron chi connectivity index (χ2n) is 4.18. The Morgan fingerprint density at radius 1 is 1.28 bits per heavy atom. The molecule has 0 saturated heterocycles. The van der Waals surface area contributed by atoms with Crippen molar-refractivity contribution in [1.29, 1.82) is 0 Å². The molecular weight excluding hydrogens is 253 g/mol. The Balaban J connectivity index is 2.12. The predicted molar refractivity (Wildman–Crippen MR) is 55.6 cm³/mol. The molecule has 0 aliphatic heterocycles. The summed E-state index contributed by atoms with van der Waals surface area (Å²) >= 11 is 0. The van der Waals surface area contributed by atoms with E-state index in [1.807, 2.05) is 0 Å². The summed E-state index contributed by atoms with van der Waals surface area (Å²) in [4.78, 5) is 22.0. The Morgan fingerprint density at radius 2 is 1.89 bits per heavy atom. The monoisotopic (exact) mass is 268 g/mol. The average Bonchev–Trinajstić information content (AvgIpc) is 2.19. The Bertz CT molecular complexity index is 314. The third-order valence-electron chi connectivity index (χ3n) is 2.63. The maximum atomic E-state index is 11.9. The third kappa shape index (κ3) is 5.35. The number of alkyl halides is 3.